The van der Waals surface area contributed by atoms with Crippen LogP contribution in [0.15, 0.2) is 0 Å². The lowest BCUT2D eigenvalue weighted by molar-refractivity contribution is 0.469. The third-order valence-electron chi connectivity index (χ3n) is 3.76. The van der Waals surface area contributed by atoms with Gasteiger partial charge in [0.05, 0.1) is 0 Å². The lowest BCUT2D eigenvalue weighted by atomic mass is 9.87. The van der Waals surface area contributed by atoms with Crippen LogP contribution in [-0.2, 0) is 0 Å². The van der Waals surface area contributed by atoms with Gasteiger partial charge >= 0.3 is 0 Å². The van der Waals surface area contributed by atoms with Crippen LogP contribution < -0.4 is 0 Å². The Morgan fingerprint density at radius 2 is 1.38 bits per heavy atom. The molecule has 0 heteroatoms. The van der Waals surface area contributed by atoms with E-state index in [9.17, 15) is 0 Å². The van der Waals surface area contributed by atoms with Crippen LogP contribution in [0.3, 0.4) is 0 Å². The molecule has 97 valence electrons. The van der Waals surface area contributed by atoms with Crippen molar-refractivity contribution in [1.29, 1.82) is 0 Å². The van der Waals surface area contributed by atoms with Gasteiger partial charge in [-0.3, -0.25) is 0 Å². The highest BCUT2D eigenvalue weighted by molar-refractivity contribution is 4.89. The largest absolute Gasteiger partial charge is 0.0654 e. The van der Waals surface area contributed by atoms with Crippen molar-refractivity contribution >= 4 is 0 Å². The standard InChI is InChI=1S/C16H33/c1-5-7-9-11-13-15(3)16(4)14-12-10-8-6-2/h15H,5-14H2,1-4H3. The molecule has 0 nitrogen and oxygen atoms in total. The normalized spacial score (nSPS) is 13.3. The first kappa shape index (κ1) is 16.0. The summed E-state index contributed by atoms with van der Waals surface area (Å²) in [5, 5.41) is 0. The maximum atomic E-state index is 2.42. The third-order valence-corrected chi connectivity index (χ3v) is 3.76. The third kappa shape index (κ3) is 9.24. The predicted molar refractivity (Wildman–Crippen MR) is 75.6 cm³/mol. The lowest BCUT2D eigenvalue weighted by Gasteiger charge is -2.19. The Balaban J connectivity index is 3.38. The van der Waals surface area contributed by atoms with Gasteiger partial charge in [0, 0.05) is 0 Å². The molecule has 0 amide bonds. The minimum absolute atomic E-state index is 0.860. The van der Waals surface area contributed by atoms with Crippen LogP contribution >= 0.6 is 0 Å². The second-order valence-corrected chi connectivity index (χ2v) is 5.41. The van der Waals surface area contributed by atoms with Crippen molar-refractivity contribution in [2.75, 3.05) is 0 Å². The lowest BCUT2D eigenvalue weighted by Crippen LogP contribution is -2.05. The van der Waals surface area contributed by atoms with Crippen LogP contribution in [0.5, 0.6) is 0 Å². The summed E-state index contributed by atoms with van der Waals surface area (Å²) in [6, 6.07) is 0. The molecule has 1 unspecified atom stereocenters. The van der Waals surface area contributed by atoms with E-state index in [1.54, 1.807) is 5.92 Å². The van der Waals surface area contributed by atoms with Gasteiger partial charge in [0.15, 0.2) is 0 Å². The van der Waals surface area contributed by atoms with Gasteiger partial charge in [0.2, 0.25) is 0 Å². The quantitative estimate of drug-likeness (QED) is 0.369. The summed E-state index contributed by atoms with van der Waals surface area (Å²) in [4.78, 5) is 0. The van der Waals surface area contributed by atoms with E-state index < -0.39 is 0 Å². The fraction of sp³-hybridized carbons (Fsp3) is 0.938. The van der Waals surface area contributed by atoms with Gasteiger partial charge in [-0.25, -0.2) is 0 Å². The molecule has 0 bridgehead atoms. The number of hydrogen-bond donors (Lipinski definition) is 0. The molecule has 1 radical (unpaired) electrons. The fourth-order valence-electron chi connectivity index (χ4n) is 2.20. The second kappa shape index (κ2) is 11.5. The number of unbranched alkanes of at least 4 members (excludes halogenated alkanes) is 6. The first-order valence-electron chi connectivity index (χ1n) is 7.54. The van der Waals surface area contributed by atoms with Gasteiger partial charge < -0.3 is 0 Å². The molecular formula is C16H33. The average molecular weight is 225 g/mol. The molecule has 16 heavy (non-hydrogen) atoms. The zero-order valence-corrected chi connectivity index (χ0v) is 12.1. The molecule has 0 N–H and O–H groups in total. The van der Waals surface area contributed by atoms with E-state index in [2.05, 4.69) is 27.7 Å². The SMILES string of the molecule is CCCCCC[C](C)C(C)CCCCCC. The van der Waals surface area contributed by atoms with E-state index in [1.807, 2.05) is 0 Å². The monoisotopic (exact) mass is 225 g/mol. The Kier molecular flexibility index (Phi) is 11.5. The van der Waals surface area contributed by atoms with Crippen LogP contribution in [-0.4, -0.2) is 0 Å². The molecule has 0 aromatic rings. The van der Waals surface area contributed by atoms with Crippen molar-refractivity contribution in [2.24, 2.45) is 5.92 Å². The van der Waals surface area contributed by atoms with Crippen LogP contribution in [0.2, 0.25) is 0 Å². The summed E-state index contributed by atoms with van der Waals surface area (Å²) in [5.74, 6) is 2.60. The number of hydrogen-bond acceptors (Lipinski definition) is 0. The van der Waals surface area contributed by atoms with Crippen molar-refractivity contribution in [3.05, 3.63) is 5.92 Å². The van der Waals surface area contributed by atoms with E-state index >= 15 is 0 Å². The molecule has 1 atom stereocenters. The molecule has 0 heterocycles. The molecular weight excluding hydrogens is 192 g/mol. The molecule has 0 saturated carbocycles. The maximum Gasteiger partial charge on any atom is -0.0244 e. The molecule has 0 aliphatic heterocycles. The minimum Gasteiger partial charge on any atom is -0.0654 e. The van der Waals surface area contributed by atoms with Gasteiger partial charge in [-0.1, -0.05) is 85.5 Å². The fourth-order valence-corrected chi connectivity index (χ4v) is 2.20. The topological polar surface area (TPSA) is 0 Å². The van der Waals surface area contributed by atoms with Gasteiger partial charge in [-0.2, -0.15) is 0 Å². The Hall–Kier alpha value is 0. The molecule has 0 aromatic carbocycles. The molecule has 0 fully saturated rings. The Bertz CT molecular complexity index is 112. The summed E-state index contributed by atoms with van der Waals surface area (Å²) in [6.07, 6.45) is 14.0. The van der Waals surface area contributed by atoms with E-state index in [0.717, 1.165) is 5.92 Å². The van der Waals surface area contributed by atoms with E-state index in [-0.39, 0.29) is 0 Å². The molecule has 0 aromatic heterocycles. The molecule has 0 aliphatic rings. The highest BCUT2D eigenvalue weighted by atomic mass is 14.2. The zero-order valence-electron chi connectivity index (χ0n) is 12.1. The maximum absolute atomic E-state index is 2.42. The Morgan fingerprint density at radius 1 is 0.812 bits per heavy atom. The Labute approximate surface area is 104 Å². The molecule has 0 rings (SSSR count). The summed E-state index contributed by atoms with van der Waals surface area (Å²) < 4.78 is 0. The second-order valence-electron chi connectivity index (χ2n) is 5.41. The highest BCUT2D eigenvalue weighted by Crippen LogP contribution is 2.25. The van der Waals surface area contributed by atoms with Gasteiger partial charge in [0.1, 0.15) is 0 Å². The molecule has 0 saturated heterocycles. The minimum atomic E-state index is 0.860. The van der Waals surface area contributed by atoms with Crippen molar-refractivity contribution < 1.29 is 0 Å². The smallest absolute Gasteiger partial charge is 0.0244 e. The zero-order chi connectivity index (χ0) is 12.2. The van der Waals surface area contributed by atoms with Gasteiger partial charge in [0.25, 0.3) is 0 Å². The summed E-state index contributed by atoms with van der Waals surface area (Å²) in [6.45, 7) is 9.36. The van der Waals surface area contributed by atoms with Crippen molar-refractivity contribution in [3.63, 3.8) is 0 Å². The van der Waals surface area contributed by atoms with E-state index in [4.69, 9.17) is 0 Å². The van der Waals surface area contributed by atoms with E-state index in [0.29, 0.717) is 0 Å². The predicted octanol–water partition coefficient (Wildman–Crippen LogP) is 6.16. The van der Waals surface area contributed by atoms with Gasteiger partial charge in [-0.05, 0) is 18.3 Å². The van der Waals surface area contributed by atoms with Crippen LogP contribution in [0.4, 0.5) is 0 Å². The first-order valence-corrected chi connectivity index (χ1v) is 7.54. The van der Waals surface area contributed by atoms with Crippen LogP contribution in [0.1, 0.15) is 91.9 Å². The van der Waals surface area contributed by atoms with Crippen molar-refractivity contribution in [1.82, 2.24) is 0 Å². The summed E-state index contributed by atoms with van der Waals surface area (Å²) in [5.41, 5.74) is 0. The van der Waals surface area contributed by atoms with Crippen molar-refractivity contribution in [2.45, 2.75) is 91.9 Å². The van der Waals surface area contributed by atoms with Crippen molar-refractivity contribution in [3.8, 4) is 0 Å². The molecule has 0 aliphatic carbocycles. The number of rotatable bonds is 11. The molecule has 0 spiro atoms. The summed E-state index contributed by atoms with van der Waals surface area (Å²) in [7, 11) is 0. The average Bonchev–Trinajstić information content (AvgIpc) is 2.29. The first-order chi connectivity index (χ1) is 7.72. The van der Waals surface area contributed by atoms with Crippen LogP contribution in [0.25, 0.3) is 0 Å². The Morgan fingerprint density at radius 3 is 1.94 bits per heavy atom. The highest BCUT2D eigenvalue weighted by Gasteiger charge is 2.11. The summed E-state index contributed by atoms with van der Waals surface area (Å²) >= 11 is 0. The van der Waals surface area contributed by atoms with Gasteiger partial charge in [-0.15, -0.1) is 0 Å². The van der Waals surface area contributed by atoms with Crippen LogP contribution in [0, 0.1) is 11.8 Å². The van der Waals surface area contributed by atoms with E-state index in [1.165, 1.54) is 64.2 Å².